The van der Waals surface area contributed by atoms with E-state index in [1.54, 1.807) is 0 Å². The van der Waals surface area contributed by atoms with Gasteiger partial charge in [-0.3, -0.25) is 0 Å². The topological polar surface area (TPSA) is 21.3 Å². The Bertz CT molecular complexity index is 350. The van der Waals surface area contributed by atoms with Crippen LogP contribution in [-0.2, 0) is 0 Å². The molecule has 0 radical (unpaired) electrons. The molecule has 0 spiro atoms. The number of para-hydroxylation sites is 1. The zero-order valence-corrected chi connectivity index (χ0v) is 11.6. The summed E-state index contributed by atoms with van der Waals surface area (Å²) < 4.78 is 5.63. The average molecular weight is 268 g/mol. The normalized spacial score (nSPS) is 16.7. The molecule has 0 atom stereocenters. The van der Waals surface area contributed by atoms with Crippen molar-refractivity contribution in [2.45, 2.75) is 32.1 Å². The minimum Gasteiger partial charge on any atom is -0.491 e. The van der Waals surface area contributed by atoms with Crippen LogP contribution in [-0.4, -0.2) is 19.7 Å². The van der Waals surface area contributed by atoms with Crippen LogP contribution in [0.25, 0.3) is 0 Å². The van der Waals surface area contributed by atoms with Gasteiger partial charge in [0.15, 0.2) is 0 Å². The van der Waals surface area contributed by atoms with E-state index in [9.17, 15) is 0 Å². The summed E-state index contributed by atoms with van der Waals surface area (Å²) in [5, 5.41) is 4.16. The van der Waals surface area contributed by atoms with Crippen LogP contribution in [0.5, 0.6) is 5.75 Å². The maximum Gasteiger partial charge on any atom is 0.137 e. The highest BCUT2D eigenvalue weighted by Gasteiger charge is 2.12. The SMILES string of the molecule is Clc1ccccc1OCCNCC1CCCCC1. The fourth-order valence-electron chi connectivity index (χ4n) is 2.49. The van der Waals surface area contributed by atoms with Crippen molar-refractivity contribution >= 4 is 11.6 Å². The standard InChI is InChI=1S/C15H22ClNO/c16-14-8-4-5-9-15(14)18-11-10-17-12-13-6-2-1-3-7-13/h4-5,8-9,13,17H,1-3,6-7,10-12H2. The summed E-state index contributed by atoms with van der Waals surface area (Å²) in [6, 6.07) is 7.61. The molecule has 1 aromatic carbocycles. The lowest BCUT2D eigenvalue weighted by Gasteiger charge is -2.21. The Kier molecular flexibility index (Phi) is 5.82. The van der Waals surface area contributed by atoms with Crippen LogP contribution < -0.4 is 10.1 Å². The predicted octanol–water partition coefficient (Wildman–Crippen LogP) is 3.89. The summed E-state index contributed by atoms with van der Waals surface area (Å²) >= 11 is 6.01. The average Bonchev–Trinajstić information content (AvgIpc) is 2.42. The van der Waals surface area contributed by atoms with Gasteiger partial charge < -0.3 is 10.1 Å². The van der Waals surface area contributed by atoms with E-state index in [0.29, 0.717) is 11.6 Å². The van der Waals surface area contributed by atoms with Crippen molar-refractivity contribution in [2.75, 3.05) is 19.7 Å². The molecule has 0 unspecified atom stereocenters. The van der Waals surface area contributed by atoms with Crippen molar-refractivity contribution in [1.29, 1.82) is 0 Å². The second kappa shape index (κ2) is 7.65. The molecule has 0 amide bonds. The third-order valence-corrected chi connectivity index (χ3v) is 3.84. The molecule has 0 bridgehead atoms. The van der Waals surface area contributed by atoms with Gasteiger partial charge in [0.05, 0.1) is 5.02 Å². The lowest BCUT2D eigenvalue weighted by Crippen LogP contribution is -2.28. The fourth-order valence-corrected chi connectivity index (χ4v) is 2.68. The largest absolute Gasteiger partial charge is 0.491 e. The summed E-state index contributed by atoms with van der Waals surface area (Å²) in [5.41, 5.74) is 0. The number of rotatable bonds is 6. The van der Waals surface area contributed by atoms with Gasteiger partial charge in [-0.05, 0) is 37.4 Å². The van der Waals surface area contributed by atoms with Gasteiger partial charge in [-0.25, -0.2) is 0 Å². The summed E-state index contributed by atoms with van der Waals surface area (Å²) in [6.45, 7) is 2.70. The Morgan fingerprint density at radius 3 is 2.72 bits per heavy atom. The molecule has 1 aromatic rings. The molecule has 0 saturated heterocycles. The lowest BCUT2D eigenvalue weighted by atomic mass is 9.89. The number of benzene rings is 1. The van der Waals surface area contributed by atoms with Crippen molar-refractivity contribution in [3.63, 3.8) is 0 Å². The second-order valence-corrected chi connectivity index (χ2v) is 5.39. The molecule has 1 aliphatic carbocycles. The maximum absolute atomic E-state index is 6.01. The minimum atomic E-state index is 0.677. The molecule has 2 nitrogen and oxygen atoms in total. The summed E-state index contributed by atoms with van der Waals surface area (Å²) in [7, 11) is 0. The molecule has 100 valence electrons. The quantitative estimate of drug-likeness (QED) is 0.790. The number of nitrogens with one attached hydrogen (secondary N) is 1. The van der Waals surface area contributed by atoms with Crippen molar-refractivity contribution < 1.29 is 4.74 Å². The highest BCUT2D eigenvalue weighted by Crippen LogP contribution is 2.23. The molecule has 0 heterocycles. The van der Waals surface area contributed by atoms with E-state index in [1.165, 1.54) is 32.1 Å². The fraction of sp³-hybridized carbons (Fsp3) is 0.600. The van der Waals surface area contributed by atoms with Crippen molar-refractivity contribution in [2.24, 2.45) is 5.92 Å². The van der Waals surface area contributed by atoms with E-state index in [-0.39, 0.29) is 0 Å². The van der Waals surface area contributed by atoms with Crippen LogP contribution >= 0.6 is 11.6 Å². The first kappa shape index (κ1) is 13.7. The van der Waals surface area contributed by atoms with Gasteiger partial charge >= 0.3 is 0 Å². The summed E-state index contributed by atoms with van der Waals surface area (Å²) in [6.07, 6.45) is 7.01. The lowest BCUT2D eigenvalue weighted by molar-refractivity contribution is 0.295. The van der Waals surface area contributed by atoms with Gasteiger partial charge in [0.2, 0.25) is 0 Å². The molecule has 1 saturated carbocycles. The van der Waals surface area contributed by atoms with Crippen LogP contribution in [0, 0.1) is 5.92 Å². The molecule has 0 aliphatic heterocycles. The van der Waals surface area contributed by atoms with Gasteiger partial charge in [-0.2, -0.15) is 0 Å². The zero-order chi connectivity index (χ0) is 12.6. The summed E-state index contributed by atoms with van der Waals surface area (Å²) in [5.74, 6) is 1.65. The molecule has 0 aromatic heterocycles. The number of hydrogen-bond acceptors (Lipinski definition) is 2. The Morgan fingerprint density at radius 1 is 1.17 bits per heavy atom. The van der Waals surface area contributed by atoms with Gasteiger partial charge in [0, 0.05) is 6.54 Å². The molecule has 3 heteroatoms. The third kappa shape index (κ3) is 4.51. The first-order valence-corrected chi connectivity index (χ1v) is 7.32. The Labute approximate surface area is 115 Å². The second-order valence-electron chi connectivity index (χ2n) is 4.99. The van der Waals surface area contributed by atoms with E-state index in [2.05, 4.69) is 5.32 Å². The van der Waals surface area contributed by atoms with Crippen LogP contribution in [0.15, 0.2) is 24.3 Å². The Hall–Kier alpha value is -0.730. The van der Waals surface area contributed by atoms with Crippen LogP contribution in [0.1, 0.15) is 32.1 Å². The zero-order valence-electron chi connectivity index (χ0n) is 10.8. The monoisotopic (exact) mass is 267 g/mol. The maximum atomic E-state index is 6.01. The molecule has 1 N–H and O–H groups in total. The van der Waals surface area contributed by atoms with Gasteiger partial charge in [0.1, 0.15) is 12.4 Å². The van der Waals surface area contributed by atoms with E-state index in [4.69, 9.17) is 16.3 Å². The number of ether oxygens (including phenoxy) is 1. The van der Waals surface area contributed by atoms with Gasteiger partial charge in [-0.15, -0.1) is 0 Å². The van der Waals surface area contributed by atoms with Crippen molar-refractivity contribution in [3.8, 4) is 5.75 Å². The number of hydrogen-bond donors (Lipinski definition) is 1. The molecule has 1 aliphatic rings. The van der Waals surface area contributed by atoms with E-state index in [1.807, 2.05) is 24.3 Å². The first-order chi connectivity index (χ1) is 8.86. The molecule has 2 rings (SSSR count). The Morgan fingerprint density at radius 2 is 1.94 bits per heavy atom. The molecule has 18 heavy (non-hydrogen) atoms. The first-order valence-electron chi connectivity index (χ1n) is 6.94. The van der Waals surface area contributed by atoms with Crippen LogP contribution in [0.2, 0.25) is 5.02 Å². The minimum absolute atomic E-state index is 0.677. The summed E-state index contributed by atoms with van der Waals surface area (Å²) in [4.78, 5) is 0. The Balaban J connectivity index is 1.57. The third-order valence-electron chi connectivity index (χ3n) is 3.53. The molecular weight excluding hydrogens is 246 g/mol. The van der Waals surface area contributed by atoms with Gasteiger partial charge in [0.25, 0.3) is 0 Å². The van der Waals surface area contributed by atoms with E-state index < -0.39 is 0 Å². The highest BCUT2D eigenvalue weighted by molar-refractivity contribution is 6.32. The van der Waals surface area contributed by atoms with Crippen molar-refractivity contribution in [1.82, 2.24) is 5.32 Å². The van der Waals surface area contributed by atoms with Crippen molar-refractivity contribution in [3.05, 3.63) is 29.3 Å². The predicted molar refractivity (Wildman–Crippen MR) is 76.4 cm³/mol. The van der Waals surface area contributed by atoms with E-state index >= 15 is 0 Å². The highest BCUT2D eigenvalue weighted by atomic mass is 35.5. The number of halogens is 1. The van der Waals surface area contributed by atoms with Gasteiger partial charge in [-0.1, -0.05) is 43.0 Å². The van der Waals surface area contributed by atoms with Crippen LogP contribution in [0.4, 0.5) is 0 Å². The smallest absolute Gasteiger partial charge is 0.137 e. The molecule has 1 fully saturated rings. The van der Waals surface area contributed by atoms with Crippen LogP contribution in [0.3, 0.4) is 0 Å². The van der Waals surface area contributed by atoms with E-state index in [0.717, 1.165) is 24.8 Å². The molecular formula is C15H22ClNO.